The summed E-state index contributed by atoms with van der Waals surface area (Å²) in [5.41, 5.74) is 1.20. The maximum absolute atomic E-state index is 13.3. The third kappa shape index (κ3) is 2.89. The Balaban J connectivity index is 3.02. The van der Waals surface area contributed by atoms with Gasteiger partial charge in [-0.3, -0.25) is 0 Å². The molecule has 0 amide bonds. The maximum Gasteiger partial charge on any atom is 0.157 e. The molecular formula is C10H13FO2S. The van der Waals surface area contributed by atoms with Gasteiger partial charge in [-0.1, -0.05) is 25.5 Å². The Kier molecular flexibility index (Phi) is 4.22. The van der Waals surface area contributed by atoms with Crippen molar-refractivity contribution >= 4 is 11.1 Å². The zero-order valence-corrected chi connectivity index (χ0v) is 8.81. The lowest BCUT2D eigenvalue weighted by Gasteiger charge is -2.07. The molecule has 14 heavy (non-hydrogen) atoms. The summed E-state index contributed by atoms with van der Waals surface area (Å²) in [4.78, 5) is 0. The molecule has 0 saturated heterocycles. The Bertz CT molecular complexity index is 339. The predicted molar refractivity (Wildman–Crippen MR) is 54.9 cm³/mol. The van der Waals surface area contributed by atoms with Gasteiger partial charge < -0.3 is 4.55 Å². The molecule has 1 rings (SSSR count). The molecule has 0 aliphatic heterocycles. The van der Waals surface area contributed by atoms with Crippen molar-refractivity contribution in [3.8, 4) is 0 Å². The monoisotopic (exact) mass is 216 g/mol. The fourth-order valence-electron chi connectivity index (χ4n) is 1.39. The van der Waals surface area contributed by atoms with Gasteiger partial charge in [-0.05, 0) is 18.1 Å². The highest BCUT2D eigenvalue weighted by Crippen LogP contribution is 2.16. The van der Waals surface area contributed by atoms with Crippen molar-refractivity contribution in [2.45, 2.75) is 25.5 Å². The Labute approximate surface area is 85.4 Å². The van der Waals surface area contributed by atoms with Gasteiger partial charge >= 0.3 is 0 Å². The van der Waals surface area contributed by atoms with Crippen LogP contribution in [0.2, 0.25) is 0 Å². The van der Waals surface area contributed by atoms with Gasteiger partial charge in [0.25, 0.3) is 0 Å². The third-order valence-corrected chi connectivity index (χ3v) is 2.54. The number of benzene rings is 1. The molecule has 0 bridgehead atoms. The van der Waals surface area contributed by atoms with Crippen molar-refractivity contribution < 1.29 is 13.2 Å². The van der Waals surface area contributed by atoms with Crippen LogP contribution in [0.3, 0.4) is 0 Å². The molecule has 1 aromatic carbocycles. The standard InChI is InChI=1S/C10H13FO2S/c1-2-4-8-5-3-6-10(11)9(8)7-14(12)13/h3,5-6H,2,4,7H2,1H3,(H,12,13). The van der Waals surface area contributed by atoms with E-state index in [1.807, 2.05) is 6.92 Å². The summed E-state index contributed by atoms with van der Waals surface area (Å²) in [6.07, 6.45) is 1.64. The first-order chi connectivity index (χ1) is 6.65. The van der Waals surface area contributed by atoms with Crippen LogP contribution in [0.4, 0.5) is 4.39 Å². The van der Waals surface area contributed by atoms with E-state index in [0.717, 1.165) is 18.4 Å². The van der Waals surface area contributed by atoms with Gasteiger partial charge in [-0.2, -0.15) is 0 Å². The van der Waals surface area contributed by atoms with Gasteiger partial charge in [0.1, 0.15) is 5.82 Å². The zero-order valence-electron chi connectivity index (χ0n) is 8.00. The molecule has 2 nitrogen and oxygen atoms in total. The van der Waals surface area contributed by atoms with Crippen LogP contribution in [-0.4, -0.2) is 8.76 Å². The van der Waals surface area contributed by atoms with E-state index in [1.54, 1.807) is 12.1 Å². The predicted octanol–water partition coefficient (Wildman–Crippen LogP) is 2.50. The number of aryl methyl sites for hydroxylation is 1. The number of rotatable bonds is 4. The lowest BCUT2D eigenvalue weighted by Crippen LogP contribution is -2.02. The molecule has 0 fully saturated rings. The van der Waals surface area contributed by atoms with E-state index in [0.29, 0.717) is 5.56 Å². The number of hydrogen-bond acceptors (Lipinski definition) is 1. The molecule has 1 aromatic rings. The van der Waals surface area contributed by atoms with Gasteiger partial charge in [0.05, 0.1) is 5.75 Å². The summed E-state index contributed by atoms with van der Waals surface area (Å²) in [5, 5.41) is 0. The largest absolute Gasteiger partial charge is 0.306 e. The second-order valence-corrected chi connectivity index (χ2v) is 4.02. The lowest BCUT2D eigenvalue weighted by atomic mass is 10.0. The molecule has 0 spiro atoms. The summed E-state index contributed by atoms with van der Waals surface area (Å²) in [7, 11) is 0. The minimum atomic E-state index is -1.98. The van der Waals surface area contributed by atoms with E-state index in [-0.39, 0.29) is 5.75 Å². The molecule has 1 N–H and O–H groups in total. The van der Waals surface area contributed by atoms with Crippen LogP contribution in [0.1, 0.15) is 24.5 Å². The SMILES string of the molecule is CCCc1cccc(F)c1CS(=O)O. The molecule has 0 aliphatic carbocycles. The van der Waals surface area contributed by atoms with Crippen molar-refractivity contribution in [1.29, 1.82) is 0 Å². The second kappa shape index (κ2) is 5.22. The van der Waals surface area contributed by atoms with Crippen LogP contribution in [-0.2, 0) is 23.3 Å². The second-order valence-electron chi connectivity index (χ2n) is 3.09. The maximum atomic E-state index is 13.3. The van der Waals surface area contributed by atoms with Crippen molar-refractivity contribution in [1.82, 2.24) is 0 Å². The van der Waals surface area contributed by atoms with E-state index in [2.05, 4.69) is 0 Å². The van der Waals surface area contributed by atoms with Crippen molar-refractivity contribution in [2.24, 2.45) is 0 Å². The molecule has 1 unspecified atom stereocenters. The molecule has 1 atom stereocenters. The number of hydrogen-bond donors (Lipinski definition) is 1. The summed E-state index contributed by atoms with van der Waals surface area (Å²) < 4.78 is 32.6. The Morgan fingerprint density at radius 1 is 1.50 bits per heavy atom. The fraction of sp³-hybridized carbons (Fsp3) is 0.400. The molecule has 0 saturated carbocycles. The van der Waals surface area contributed by atoms with Crippen molar-refractivity contribution in [3.63, 3.8) is 0 Å². The van der Waals surface area contributed by atoms with Crippen LogP contribution in [0.25, 0.3) is 0 Å². The Morgan fingerprint density at radius 2 is 2.21 bits per heavy atom. The van der Waals surface area contributed by atoms with Crippen LogP contribution < -0.4 is 0 Å². The molecule has 0 radical (unpaired) electrons. The molecule has 0 heterocycles. The van der Waals surface area contributed by atoms with Crippen molar-refractivity contribution in [2.75, 3.05) is 0 Å². The summed E-state index contributed by atoms with van der Waals surface area (Å²) in [6, 6.07) is 4.75. The fourth-order valence-corrected chi connectivity index (χ4v) is 1.96. The highest BCUT2D eigenvalue weighted by Gasteiger charge is 2.09. The van der Waals surface area contributed by atoms with Crippen LogP contribution in [0.5, 0.6) is 0 Å². The van der Waals surface area contributed by atoms with E-state index in [1.165, 1.54) is 6.07 Å². The molecule has 78 valence electrons. The third-order valence-electron chi connectivity index (χ3n) is 2.00. The molecule has 0 aliphatic rings. The average Bonchev–Trinajstić information content (AvgIpc) is 2.11. The minimum absolute atomic E-state index is 0.123. The van der Waals surface area contributed by atoms with Gasteiger partial charge in [0, 0.05) is 5.56 Å². The average molecular weight is 216 g/mol. The van der Waals surface area contributed by atoms with E-state index in [4.69, 9.17) is 4.55 Å². The first-order valence-corrected chi connectivity index (χ1v) is 5.76. The molecule has 0 aromatic heterocycles. The van der Waals surface area contributed by atoms with E-state index in [9.17, 15) is 8.60 Å². The summed E-state index contributed by atoms with van der Waals surface area (Å²) in [6.45, 7) is 1.99. The Morgan fingerprint density at radius 3 is 2.79 bits per heavy atom. The summed E-state index contributed by atoms with van der Waals surface area (Å²) >= 11 is -1.98. The van der Waals surface area contributed by atoms with Crippen LogP contribution in [0, 0.1) is 5.82 Å². The van der Waals surface area contributed by atoms with E-state index >= 15 is 0 Å². The first-order valence-electron chi connectivity index (χ1n) is 4.49. The highest BCUT2D eigenvalue weighted by molar-refractivity contribution is 7.78. The highest BCUT2D eigenvalue weighted by atomic mass is 32.2. The van der Waals surface area contributed by atoms with Crippen LogP contribution in [0.15, 0.2) is 18.2 Å². The molecular weight excluding hydrogens is 203 g/mol. The van der Waals surface area contributed by atoms with Crippen molar-refractivity contribution in [3.05, 3.63) is 35.1 Å². The van der Waals surface area contributed by atoms with Gasteiger partial charge in [-0.15, -0.1) is 0 Å². The quantitative estimate of drug-likeness (QED) is 0.785. The van der Waals surface area contributed by atoms with Gasteiger partial charge in [0.2, 0.25) is 0 Å². The minimum Gasteiger partial charge on any atom is -0.306 e. The van der Waals surface area contributed by atoms with Gasteiger partial charge in [-0.25, -0.2) is 8.60 Å². The summed E-state index contributed by atoms with van der Waals surface area (Å²) in [5.74, 6) is -0.513. The van der Waals surface area contributed by atoms with E-state index < -0.39 is 16.9 Å². The first kappa shape index (κ1) is 11.3. The van der Waals surface area contributed by atoms with Crippen LogP contribution >= 0.6 is 0 Å². The Hall–Kier alpha value is -0.740. The lowest BCUT2D eigenvalue weighted by molar-refractivity contribution is 0.558. The number of halogens is 1. The topological polar surface area (TPSA) is 37.3 Å². The smallest absolute Gasteiger partial charge is 0.157 e. The zero-order chi connectivity index (χ0) is 10.6. The molecule has 4 heteroatoms. The normalized spacial score (nSPS) is 12.8. The van der Waals surface area contributed by atoms with Gasteiger partial charge in [0.15, 0.2) is 11.1 Å².